The van der Waals surface area contributed by atoms with E-state index in [-0.39, 0.29) is 0 Å². The highest BCUT2D eigenvalue weighted by Crippen LogP contribution is 2.28. The molecule has 0 unspecified atom stereocenters. The molecule has 0 spiro atoms. The van der Waals surface area contributed by atoms with Crippen molar-refractivity contribution in [3.05, 3.63) is 41.2 Å². The third kappa shape index (κ3) is 4.82. The van der Waals surface area contributed by atoms with Crippen LogP contribution in [0, 0.1) is 13.8 Å². The van der Waals surface area contributed by atoms with Gasteiger partial charge >= 0.3 is 0 Å². The van der Waals surface area contributed by atoms with Gasteiger partial charge in [-0.2, -0.15) is 5.10 Å². The smallest absolute Gasteiger partial charge is 0.264 e. The number of hydrogen-bond donors (Lipinski definition) is 0. The van der Waals surface area contributed by atoms with E-state index in [0.29, 0.717) is 16.3 Å². The first-order valence-corrected chi connectivity index (χ1v) is 11.6. The van der Waals surface area contributed by atoms with E-state index in [9.17, 15) is 8.42 Å². The van der Waals surface area contributed by atoms with Gasteiger partial charge in [0.1, 0.15) is 0 Å². The third-order valence-electron chi connectivity index (χ3n) is 5.90. The van der Waals surface area contributed by atoms with Crippen LogP contribution in [-0.2, 0) is 23.5 Å². The van der Waals surface area contributed by atoms with Gasteiger partial charge in [-0.3, -0.25) is 8.99 Å². The maximum atomic E-state index is 13.1. The van der Waals surface area contributed by atoms with E-state index in [1.807, 2.05) is 33.0 Å². The van der Waals surface area contributed by atoms with Crippen molar-refractivity contribution in [2.24, 2.45) is 7.05 Å². The number of likely N-dealkylation sites (N-methyl/N-ethyl adjacent to an activating group) is 1. The van der Waals surface area contributed by atoms with E-state index in [4.69, 9.17) is 0 Å². The number of piperazine rings is 1. The first kappa shape index (κ1) is 21.8. The molecule has 0 N–H and O–H groups in total. The summed E-state index contributed by atoms with van der Waals surface area (Å²) in [7, 11) is 1.97. The summed E-state index contributed by atoms with van der Waals surface area (Å²) in [4.78, 5) is 5.18. The number of anilines is 1. The van der Waals surface area contributed by atoms with Gasteiger partial charge in [-0.25, -0.2) is 8.42 Å². The molecular weight excluding hydrogens is 386 g/mol. The third-order valence-corrected chi connectivity index (χ3v) is 7.67. The molecule has 8 heteroatoms. The molecule has 0 amide bonds. The van der Waals surface area contributed by atoms with Crippen molar-refractivity contribution in [1.82, 2.24) is 19.6 Å². The summed E-state index contributed by atoms with van der Waals surface area (Å²) in [6.07, 6.45) is 2.05. The molecule has 2 heterocycles. The fourth-order valence-corrected chi connectivity index (χ4v) is 5.20. The maximum absolute atomic E-state index is 13.1. The molecule has 0 aliphatic carbocycles. The molecule has 1 aliphatic heterocycles. The zero-order chi connectivity index (χ0) is 21.2. The second-order valence-electron chi connectivity index (χ2n) is 8.01. The summed E-state index contributed by atoms with van der Waals surface area (Å²) in [6, 6.07) is 7.32. The summed E-state index contributed by atoms with van der Waals surface area (Å²) in [6.45, 7) is 9.34. The largest absolute Gasteiger partial charge is 0.304 e. The molecule has 29 heavy (non-hydrogen) atoms. The van der Waals surface area contributed by atoms with Crippen molar-refractivity contribution >= 4 is 15.7 Å². The summed E-state index contributed by atoms with van der Waals surface area (Å²) in [5.74, 6) is 0. The second kappa shape index (κ2) is 8.85. The molecule has 7 nitrogen and oxygen atoms in total. The monoisotopic (exact) mass is 419 g/mol. The van der Waals surface area contributed by atoms with Gasteiger partial charge in [0.15, 0.2) is 0 Å². The quantitative estimate of drug-likeness (QED) is 0.687. The van der Waals surface area contributed by atoms with E-state index >= 15 is 0 Å². The van der Waals surface area contributed by atoms with Crippen molar-refractivity contribution < 1.29 is 8.42 Å². The van der Waals surface area contributed by atoms with Crippen LogP contribution in [0.25, 0.3) is 0 Å². The average Bonchev–Trinajstić information content (AvgIpc) is 2.95. The normalized spacial score (nSPS) is 16.3. The summed E-state index contributed by atoms with van der Waals surface area (Å²) < 4.78 is 29.2. The van der Waals surface area contributed by atoms with Gasteiger partial charge in [-0.05, 0) is 58.0 Å². The van der Waals surface area contributed by atoms with Gasteiger partial charge in [0.25, 0.3) is 10.0 Å². The van der Waals surface area contributed by atoms with Crippen LogP contribution >= 0.6 is 0 Å². The Kier molecular flexibility index (Phi) is 6.65. The Morgan fingerprint density at radius 3 is 2.21 bits per heavy atom. The van der Waals surface area contributed by atoms with Crippen molar-refractivity contribution in [3.8, 4) is 0 Å². The van der Waals surface area contributed by atoms with Gasteiger partial charge in [0, 0.05) is 40.3 Å². The number of benzene rings is 1. The van der Waals surface area contributed by atoms with Gasteiger partial charge in [0.2, 0.25) is 0 Å². The molecule has 1 aromatic heterocycles. The fourth-order valence-electron chi connectivity index (χ4n) is 3.90. The van der Waals surface area contributed by atoms with Crippen LogP contribution in [0.1, 0.15) is 23.4 Å². The van der Waals surface area contributed by atoms with Crippen LogP contribution in [0.2, 0.25) is 0 Å². The minimum absolute atomic E-state index is 0.311. The highest BCUT2D eigenvalue weighted by molar-refractivity contribution is 7.92. The van der Waals surface area contributed by atoms with E-state index < -0.39 is 10.0 Å². The molecule has 1 aliphatic rings. The van der Waals surface area contributed by atoms with Crippen LogP contribution in [0.3, 0.4) is 0 Å². The molecule has 3 rings (SSSR count). The number of hydrogen-bond acceptors (Lipinski definition) is 5. The molecule has 1 aromatic carbocycles. The first-order valence-electron chi connectivity index (χ1n) is 10.2. The number of aromatic nitrogens is 2. The molecular formula is C21H33N5O2S. The van der Waals surface area contributed by atoms with Crippen molar-refractivity contribution in [1.29, 1.82) is 0 Å². The Labute approximate surface area is 175 Å². The van der Waals surface area contributed by atoms with Crippen molar-refractivity contribution in [2.45, 2.75) is 31.6 Å². The first-order chi connectivity index (χ1) is 13.7. The number of aryl methyl sites for hydroxylation is 3. The Bertz CT molecular complexity index is 929. The maximum Gasteiger partial charge on any atom is 0.264 e. The molecule has 0 saturated carbocycles. The topological polar surface area (TPSA) is 61.7 Å². The van der Waals surface area contributed by atoms with Gasteiger partial charge < -0.3 is 9.80 Å². The Balaban J connectivity index is 1.62. The lowest BCUT2D eigenvalue weighted by Crippen LogP contribution is -2.44. The van der Waals surface area contributed by atoms with E-state index in [2.05, 4.69) is 21.9 Å². The van der Waals surface area contributed by atoms with Crippen LogP contribution in [0.15, 0.2) is 29.2 Å². The number of nitrogens with zero attached hydrogens (tertiary/aromatic N) is 5. The minimum atomic E-state index is -3.62. The Morgan fingerprint density at radius 1 is 1.03 bits per heavy atom. The lowest BCUT2D eigenvalue weighted by molar-refractivity contribution is 0.153. The fraction of sp³-hybridized carbons (Fsp3) is 0.571. The van der Waals surface area contributed by atoms with E-state index in [1.54, 1.807) is 23.9 Å². The predicted octanol–water partition coefficient (Wildman–Crippen LogP) is 2.04. The number of rotatable bonds is 7. The van der Waals surface area contributed by atoms with Gasteiger partial charge in [-0.1, -0.05) is 12.1 Å². The average molecular weight is 420 g/mol. The van der Waals surface area contributed by atoms with Crippen molar-refractivity contribution in [2.75, 3.05) is 51.1 Å². The van der Waals surface area contributed by atoms with Crippen LogP contribution in [0.4, 0.5) is 5.69 Å². The lowest BCUT2D eigenvalue weighted by atomic mass is 10.1. The lowest BCUT2D eigenvalue weighted by Gasteiger charge is -2.32. The minimum Gasteiger partial charge on any atom is -0.304 e. The van der Waals surface area contributed by atoms with E-state index in [0.717, 1.165) is 51.3 Å². The molecule has 1 fully saturated rings. The molecule has 0 atom stereocenters. The van der Waals surface area contributed by atoms with Crippen molar-refractivity contribution in [3.63, 3.8) is 0 Å². The molecule has 160 valence electrons. The highest BCUT2D eigenvalue weighted by atomic mass is 32.2. The van der Waals surface area contributed by atoms with Crippen LogP contribution in [-0.4, -0.2) is 74.8 Å². The Morgan fingerprint density at radius 2 is 1.66 bits per heavy atom. The summed E-state index contributed by atoms with van der Waals surface area (Å²) >= 11 is 0. The Hall–Kier alpha value is -1.90. The standard InChI is InChI=1S/C21H33N5O2S/c1-17-21(18(2)24(4)22-17)25(5)29(27,28)20-10-8-19(9-11-20)7-6-12-26-15-13-23(3)14-16-26/h8-11H,6-7,12-16H2,1-5H3. The van der Waals surface area contributed by atoms with E-state index in [1.165, 1.54) is 9.87 Å². The molecule has 0 radical (unpaired) electrons. The summed E-state index contributed by atoms with van der Waals surface area (Å²) in [5, 5.41) is 4.33. The summed E-state index contributed by atoms with van der Waals surface area (Å²) in [5.41, 5.74) is 3.35. The SMILES string of the molecule is Cc1nn(C)c(C)c1N(C)S(=O)(=O)c1ccc(CCCN2CCN(C)CC2)cc1. The predicted molar refractivity (Wildman–Crippen MR) is 117 cm³/mol. The van der Waals surface area contributed by atoms with Crippen LogP contribution in [0.5, 0.6) is 0 Å². The molecule has 0 bridgehead atoms. The second-order valence-corrected chi connectivity index (χ2v) is 9.98. The van der Waals surface area contributed by atoms with Gasteiger partial charge in [-0.15, -0.1) is 0 Å². The zero-order valence-electron chi connectivity index (χ0n) is 18.2. The zero-order valence-corrected chi connectivity index (χ0v) is 19.0. The number of sulfonamides is 1. The van der Waals surface area contributed by atoms with Gasteiger partial charge in [0.05, 0.1) is 22.0 Å². The van der Waals surface area contributed by atoms with Crippen LogP contribution < -0.4 is 4.31 Å². The molecule has 2 aromatic rings. The molecule has 1 saturated heterocycles. The highest BCUT2D eigenvalue weighted by Gasteiger charge is 2.26.